The Hall–Kier alpha value is -0.560. The summed E-state index contributed by atoms with van der Waals surface area (Å²) >= 11 is 0. The lowest BCUT2D eigenvalue weighted by atomic mass is 9.52. The van der Waals surface area contributed by atoms with Crippen LogP contribution in [-0.4, -0.2) is 11.2 Å². The van der Waals surface area contributed by atoms with E-state index in [-0.39, 0.29) is 6.10 Å². The van der Waals surface area contributed by atoms with E-state index in [1.807, 2.05) is 11.1 Å². The summed E-state index contributed by atoms with van der Waals surface area (Å²) in [7, 11) is 0. The maximum atomic E-state index is 10.2. The van der Waals surface area contributed by atoms with Crippen molar-refractivity contribution >= 4 is 0 Å². The van der Waals surface area contributed by atoms with E-state index in [2.05, 4.69) is 47.6 Å². The van der Waals surface area contributed by atoms with E-state index in [9.17, 15) is 5.11 Å². The third-order valence-electron chi connectivity index (χ3n) is 10.6. The quantitative estimate of drug-likeness (QED) is 0.437. The molecule has 0 aromatic carbocycles. The Kier molecular flexibility index (Phi) is 6.35. The zero-order valence-electron chi connectivity index (χ0n) is 20.8. The van der Waals surface area contributed by atoms with Crippen LogP contribution >= 0.6 is 0 Å². The van der Waals surface area contributed by atoms with E-state index in [1.54, 1.807) is 5.57 Å². The summed E-state index contributed by atoms with van der Waals surface area (Å²) in [5, 5.41) is 10.2. The number of fused-ring (bicyclic) bond motifs is 4. The van der Waals surface area contributed by atoms with E-state index < -0.39 is 0 Å². The van der Waals surface area contributed by atoms with Crippen molar-refractivity contribution in [2.24, 2.45) is 40.4 Å². The van der Waals surface area contributed by atoms with Gasteiger partial charge in [0.1, 0.15) is 0 Å². The van der Waals surface area contributed by atoms with Crippen molar-refractivity contribution in [3.05, 3.63) is 22.8 Å². The number of aliphatic hydroxyl groups is 1. The minimum Gasteiger partial charge on any atom is -0.393 e. The fourth-order valence-corrected chi connectivity index (χ4v) is 8.55. The van der Waals surface area contributed by atoms with Gasteiger partial charge in [-0.15, -0.1) is 0 Å². The van der Waals surface area contributed by atoms with Gasteiger partial charge in [0.25, 0.3) is 0 Å². The summed E-state index contributed by atoms with van der Waals surface area (Å²) in [5.41, 5.74) is 6.10. The number of aliphatic hydroxyl groups excluding tert-OH is 1. The van der Waals surface area contributed by atoms with Crippen molar-refractivity contribution in [3.63, 3.8) is 0 Å². The average Bonchev–Trinajstić information content (AvgIpc) is 3.06. The topological polar surface area (TPSA) is 20.2 Å². The van der Waals surface area contributed by atoms with Gasteiger partial charge in [-0.1, -0.05) is 77.2 Å². The van der Waals surface area contributed by atoms with Crippen molar-refractivity contribution in [2.45, 2.75) is 118 Å². The van der Waals surface area contributed by atoms with Gasteiger partial charge in [-0.05, 0) is 98.2 Å². The van der Waals surface area contributed by atoms with Crippen LogP contribution in [0.2, 0.25) is 0 Å². The van der Waals surface area contributed by atoms with Gasteiger partial charge in [-0.2, -0.15) is 0 Å². The van der Waals surface area contributed by atoms with Gasteiger partial charge < -0.3 is 5.11 Å². The zero-order chi connectivity index (χ0) is 21.7. The Balaban J connectivity index is 1.54. The van der Waals surface area contributed by atoms with Gasteiger partial charge in [0.05, 0.1) is 6.10 Å². The van der Waals surface area contributed by atoms with Crippen LogP contribution in [0, 0.1) is 40.4 Å². The van der Waals surface area contributed by atoms with Gasteiger partial charge in [0.2, 0.25) is 0 Å². The molecular weight excluding hydrogens is 364 g/mol. The highest BCUT2D eigenvalue weighted by Gasteiger charge is 2.53. The molecule has 0 heterocycles. The van der Waals surface area contributed by atoms with E-state index in [1.165, 1.54) is 57.8 Å². The molecule has 0 radical (unpaired) electrons. The van der Waals surface area contributed by atoms with Crippen molar-refractivity contribution in [1.29, 1.82) is 0 Å². The minimum atomic E-state index is -0.0955. The number of hydrogen-bond acceptors (Lipinski definition) is 1. The van der Waals surface area contributed by atoms with E-state index in [0.717, 1.165) is 42.4 Å². The standard InChI is InChI=1S/C29H48O/c1-7-21(19(2)3)9-8-20(4)25-12-13-26-24-11-10-22-18-23(30)14-16-28(22,5)27(24)15-17-29(25,26)6/h10,19-21,23,25,27,30H,7-9,11-18H2,1-6H3. The molecule has 1 N–H and O–H groups in total. The normalized spacial score (nSPS) is 40.5. The first-order valence-corrected chi connectivity index (χ1v) is 13.3. The molecule has 4 aliphatic carbocycles. The largest absolute Gasteiger partial charge is 0.393 e. The fourth-order valence-electron chi connectivity index (χ4n) is 8.55. The molecule has 1 heteroatoms. The first-order valence-electron chi connectivity index (χ1n) is 13.3. The molecule has 2 saturated carbocycles. The molecule has 4 rings (SSSR count). The molecule has 7 unspecified atom stereocenters. The molecule has 4 aliphatic rings. The number of allylic oxidation sites excluding steroid dienone is 3. The van der Waals surface area contributed by atoms with Gasteiger partial charge in [-0.25, -0.2) is 0 Å². The maximum Gasteiger partial charge on any atom is 0.0577 e. The van der Waals surface area contributed by atoms with Crippen molar-refractivity contribution in [2.75, 3.05) is 0 Å². The molecule has 30 heavy (non-hydrogen) atoms. The molecule has 0 spiro atoms. The predicted molar refractivity (Wildman–Crippen MR) is 128 cm³/mol. The smallest absolute Gasteiger partial charge is 0.0577 e. The van der Waals surface area contributed by atoms with Crippen LogP contribution in [0.5, 0.6) is 0 Å². The Bertz CT molecular complexity index is 699. The number of hydrogen-bond donors (Lipinski definition) is 1. The highest BCUT2D eigenvalue weighted by Crippen LogP contribution is 2.64. The van der Waals surface area contributed by atoms with Crippen molar-refractivity contribution in [1.82, 2.24) is 0 Å². The van der Waals surface area contributed by atoms with Crippen LogP contribution < -0.4 is 0 Å². The van der Waals surface area contributed by atoms with E-state index in [0.29, 0.717) is 10.8 Å². The molecule has 0 amide bonds. The molecule has 0 aromatic rings. The Labute approximate surface area is 186 Å². The third kappa shape index (κ3) is 3.66. The molecule has 170 valence electrons. The third-order valence-corrected chi connectivity index (χ3v) is 10.6. The Morgan fingerprint density at radius 1 is 1.03 bits per heavy atom. The lowest BCUT2D eigenvalue weighted by molar-refractivity contribution is 0.0684. The summed E-state index contributed by atoms with van der Waals surface area (Å²) < 4.78 is 0. The first kappa shape index (κ1) is 22.6. The molecule has 0 aliphatic heterocycles. The highest BCUT2D eigenvalue weighted by atomic mass is 16.3. The molecule has 0 bridgehead atoms. The minimum absolute atomic E-state index is 0.0955. The molecular formula is C29H48O. The highest BCUT2D eigenvalue weighted by molar-refractivity contribution is 5.40. The second-order valence-corrected chi connectivity index (χ2v) is 12.4. The second-order valence-electron chi connectivity index (χ2n) is 12.4. The molecule has 0 aromatic heterocycles. The monoisotopic (exact) mass is 412 g/mol. The van der Waals surface area contributed by atoms with Crippen molar-refractivity contribution in [3.8, 4) is 0 Å². The first-order chi connectivity index (χ1) is 14.2. The second kappa shape index (κ2) is 8.42. The van der Waals surface area contributed by atoms with Crippen molar-refractivity contribution < 1.29 is 5.11 Å². The fraction of sp³-hybridized carbons (Fsp3) is 0.862. The summed E-state index contributed by atoms with van der Waals surface area (Å²) in [4.78, 5) is 0. The van der Waals surface area contributed by atoms with Crippen LogP contribution in [0.1, 0.15) is 112 Å². The number of rotatable bonds is 6. The molecule has 2 fully saturated rings. The van der Waals surface area contributed by atoms with E-state index in [4.69, 9.17) is 0 Å². The van der Waals surface area contributed by atoms with Gasteiger partial charge in [0, 0.05) is 0 Å². The molecule has 7 atom stereocenters. The molecule has 0 saturated heterocycles. The van der Waals surface area contributed by atoms with Crippen LogP contribution in [0.3, 0.4) is 0 Å². The van der Waals surface area contributed by atoms with Gasteiger partial charge in [0.15, 0.2) is 0 Å². The van der Waals surface area contributed by atoms with Crippen LogP contribution in [-0.2, 0) is 0 Å². The Morgan fingerprint density at radius 2 is 1.77 bits per heavy atom. The van der Waals surface area contributed by atoms with Crippen LogP contribution in [0.4, 0.5) is 0 Å². The summed E-state index contributed by atoms with van der Waals surface area (Å²) in [5.74, 6) is 4.23. The lowest BCUT2D eigenvalue weighted by Crippen LogP contribution is -2.43. The SMILES string of the molecule is CCC(CCC(C)C1CCC2=C3CC=C4CC(O)CCC4(C)C3CCC21C)C(C)C. The predicted octanol–water partition coefficient (Wildman–Crippen LogP) is 8.09. The average molecular weight is 413 g/mol. The molecule has 1 nitrogen and oxygen atoms in total. The Morgan fingerprint density at radius 3 is 2.47 bits per heavy atom. The zero-order valence-corrected chi connectivity index (χ0v) is 20.8. The van der Waals surface area contributed by atoms with Gasteiger partial charge in [-0.3, -0.25) is 0 Å². The van der Waals surface area contributed by atoms with Gasteiger partial charge >= 0.3 is 0 Å². The van der Waals surface area contributed by atoms with E-state index >= 15 is 0 Å². The lowest BCUT2D eigenvalue weighted by Gasteiger charge is -2.53. The van der Waals surface area contributed by atoms with Crippen LogP contribution in [0.15, 0.2) is 22.8 Å². The summed E-state index contributed by atoms with van der Waals surface area (Å²) in [6.45, 7) is 15.0. The summed E-state index contributed by atoms with van der Waals surface area (Å²) in [6.07, 6.45) is 16.5. The van der Waals surface area contributed by atoms with Crippen LogP contribution in [0.25, 0.3) is 0 Å². The summed E-state index contributed by atoms with van der Waals surface area (Å²) in [6, 6.07) is 0. The maximum absolute atomic E-state index is 10.2.